The largest absolute Gasteiger partial charge is 0.400 e. The molecule has 0 aliphatic rings. The molecule has 0 unspecified atom stereocenters. The first-order valence-corrected chi connectivity index (χ1v) is 2.17. The highest BCUT2D eigenvalue weighted by molar-refractivity contribution is 6.63. The third-order valence-corrected chi connectivity index (χ3v) is 0. The van der Waals surface area contributed by atoms with Crippen LogP contribution in [0.1, 0.15) is 4.11 Å². The zero-order valence-electron chi connectivity index (χ0n) is 6.62. The summed E-state index contributed by atoms with van der Waals surface area (Å²) in [6.45, 7) is 0. The summed E-state index contributed by atoms with van der Waals surface area (Å²) >= 11 is 14.4. The van der Waals surface area contributed by atoms with Crippen molar-refractivity contribution in [3.05, 3.63) is 0 Å². The van der Waals surface area contributed by atoms with Crippen LogP contribution in [0.5, 0.6) is 0 Å². The van der Waals surface area contributed by atoms with Gasteiger partial charge in [0.15, 0.2) is 4.30 Å². The van der Waals surface area contributed by atoms with Crippen molar-refractivity contribution < 1.29 is 9.22 Å². The van der Waals surface area contributed by atoms with E-state index in [1.807, 2.05) is 0 Å². The molecule has 0 aliphatic heterocycles. The Morgan fingerprint density at radius 1 is 1.83 bits per heavy atom. The summed E-state index contributed by atoms with van der Waals surface area (Å²) < 4.78 is 23.4. The third kappa shape index (κ3) is 103. The van der Waals surface area contributed by atoms with Gasteiger partial charge in [-0.15, -0.1) is 0 Å². The number of halogens is 3. The standard InChI is InChI=1S/CHCl3.CH4O/c2-1(3)4;1-2/h1H;2H,1H3/i;1D3,2D. The van der Waals surface area contributed by atoms with Gasteiger partial charge in [0.05, 0.1) is 4.11 Å². The molecule has 0 aromatic carbocycles. The molecule has 0 bridgehead atoms. The van der Waals surface area contributed by atoms with Crippen LogP contribution in [0.2, 0.25) is 0 Å². The molecule has 0 rings (SSSR count). The number of hydrogen-bond acceptors (Lipinski definition) is 1. The van der Waals surface area contributed by atoms with Gasteiger partial charge in [-0.3, -0.25) is 0 Å². The van der Waals surface area contributed by atoms with E-state index in [2.05, 4.69) is 5.11 Å². The Morgan fingerprint density at radius 3 is 2.00 bits per heavy atom. The normalized spacial score (nSPS) is 18.7. The predicted molar refractivity (Wildman–Crippen MR) is 29.5 cm³/mol. The van der Waals surface area contributed by atoms with Gasteiger partial charge in [-0.2, -0.15) is 0 Å². The maximum absolute atomic E-state index is 6.10. The maximum Gasteiger partial charge on any atom is 0.210 e. The Kier molecular flexibility index (Phi) is 4.60. The van der Waals surface area contributed by atoms with Crippen molar-refractivity contribution in [1.29, 1.82) is 1.43 Å². The fourth-order valence-electron chi connectivity index (χ4n) is 0. The van der Waals surface area contributed by atoms with Crippen LogP contribution in [0, 0.1) is 0 Å². The molecule has 0 aliphatic carbocycles. The molecule has 0 amide bonds. The fourth-order valence-corrected chi connectivity index (χ4v) is 0. The molecule has 0 atom stereocenters. The zero-order valence-corrected chi connectivity index (χ0v) is 4.89. The van der Waals surface area contributed by atoms with Gasteiger partial charge in [0.25, 0.3) is 0 Å². The average Bonchev–Trinajstić information content (AvgIpc) is 1.63. The first kappa shape index (κ1) is 2.98. The summed E-state index contributed by atoms with van der Waals surface area (Å²) in [6, 6.07) is 0. The molecule has 1 N–H and O–H groups in total. The number of hydrogen-bond donors (Lipinski definition) is 1. The quantitative estimate of drug-likeness (QED) is 0.527. The summed E-state index contributed by atoms with van der Waals surface area (Å²) in [5.41, 5.74) is 0. The molecular weight excluding hydrogens is 146 g/mol. The molecule has 4 heteroatoms. The molecule has 0 saturated heterocycles. The van der Waals surface area contributed by atoms with Gasteiger partial charge >= 0.3 is 0 Å². The molecular formula is C2H5Cl3O. The second-order valence-corrected chi connectivity index (χ2v) is 2.23. The topological polar surface area (TPSA) is 20.2 Å². The van der Waals surface area contributed by atoms with Crippen molar-refractivity contribution in [2.75, 3.05) is 7.04 Å². The van der Waals surface area contributed by atoms with Gasteiger partial charge in [-0.25, -0.2) is 0 Å². The van der Waals surface area contributed by atoms with Crippen LogP contribution in [0.25, 0.3) is 0 Å². The molecule has 40 valence electrons. The highest BCUT2D eigenvalue weighted by atomic mass is 35.6. The first-order chi connectivity index (χ1) is 4.29. The monoisotopic (exact) mass is 154 g/mol. The van der Waals surface area contributed by atoms with Crippen molar-refractivity contribution in [3.63, 3.8) is 0 Å². The molecule has 0 aromatic heterocycles. The van der Waals surface area contributed by atoms with E-state index in [4.69, 9.17) is 40.3 Å². The van der Waals surface area contributed by atoms with Gasteiger partial charge in [-0.1, -0.05) is 34.8 Å². The molecule has 0 heterocycles. The third-order valence-electron chi connectivity index (χ3n) is 0. The van der Waals surface area contributed by atoms with Crippen LogP contribution < -0.4 is 0 Å². The lowest BCUT2D eigenvalue weighted by Gasteiger charge is -1.69. The van der Waals surface area contributed by atoms with Crippen LogP contribution >= 0.6 is 34.8 Å². The second kappa shape index (κ2) is 9.27. The van der Waals surface area contributed by atoms with E-state index in [-0.39, 0.29) is 0 Å². The molecule has 0 radical (unpaired) electrons. The van der Waals surface area contributed by atoms with E-state index in [0.717, 1.165) is 0 Å². The van der Waals surface area contributed by atoms with Crippen LogP contribution in [-0.2, 0) is 0 Å². The fraction of sp³-hybridized carbons (Fsp3) is 1.00. The second-order valence-electron chi connectivity index (χ2n) is 0.247. The van der Waals surface area contributed by atoms with Crippen LogP contribution in [0.4, 0.5) is 0 Å². The smallest absolute Gasteiger partial charge is 0.210 e. The molecule has 0 fully saturated rings. The van der Waals surface area contributed by atoms with E-state index in [0.29, 0.717) is 0 Å². The van der Waals surface area contributed by atoms with E-state index in [1.165, 1.54) is 0 Å². The Balaban J connectivity index is 0. The van der Waals surface area contributed by atoms with Gasteiger partial charge < -0.3 is 5.11 Å². The number of alkyl halides is 3. The molecule has 1 nitrogen and oxygen atoms in total. The lowest BCUT2D eigenvalue weighted by Crippen LogP contribution is -1.55. The van der Waals surface area contributed by atoms with Gasteiger partial charge in [0.2, 0.25) is 1.43 Å². The Labute approximate surface area is 57.5 Å². The van der Waals surface area contributed by atoms with Gasteiger partial charge in [0.1, 0.15) is 0 Å². The van der Waals surface area contributed by atoms with Crippen molar-refractivity contribution in [3.8, 4) is 0 Å². The van der Waals surface area contributed by atoms with Crippen LogP contribution in [0.15, 0.2) is 0 Å². The number of aliphatic hydroxyl groups is 1. The Bertz CT molecular complexity index is 70.6. The SMILES string of the molecule is ClC(Cl)Cl.[2H]OC([2H])([2H])[2H]. The van der Waals surface area contributed by atoms with Crippen molar-refractivity contribution >= 4 is 34.8 Å². The van der Waals surface area contributed by atoms with E-state index < -0.39 is 11.3 Å². The van der Waals surface area contributed by atoms with E-state index in [9.17, 15) is 0 Å². The lowest BCUT2D eigenvalue weighted by molar-refractivity contribution is 0.399. The van der Waals surface area contributed by atoms with E-state index >= 15 is 0 Å². The summed E-state index contributed by atoms with van der Waals surface area (Å²) in [5, 5.41) is 3.19. The van der Waals surface area contributed by atoms with Crippen molar-refractivity contribution in [2.45, 2.75) is 4.30 Å². The van der Waals surface area contributed by atoms with Crippen LogP contribution in [0.3, 0.4) is 0 Å². The minimum absolute atomic E-state index is 0.750. The van der Waals surface area contributed by atoms with Crippen LogP contribution in [-0.4, -0.2) is 17.9 Å². The lowest BCUT2D eigenvalue weighted by atomic mass is 11.8. The summed E-state index contributed by atoms with van der Waals surface area (Å²) in [6.07, 6.45) is 0. The molecule has 0 saturated carbocycles. The molecule has 0 aromatic rings. The summed E-state index contributed by atoms with van der Waals surface area (Å²) in [4.78, 5) is 0. The van der Waals surface area contributed by atoms with E-state index in [1.54, 1.807) is 0 Å². The molecule has 0 spiro atoms. The highest BCUT2D eigenvalue weighted by Gasteiger charge is 1.78. The average molecular weight is 155 g/mol. The predicted octanol–water partition coefficient (Wildman–Crippen LogP) is 1.59. The van der Waals surface area contributed by atoms with Gasteiger partial charge in [0, 0.05) is 7.04 Å². The zero-order chi connectivity index (χ0) is 8.78. The van der Waals surface area contributed by atoms with Crippen molar-refractivity contribution in [1.82, 2.24) is 0 Å². The first-order valence-electron chi connectivity index (χ1n) is 2.77. The van der Waals surface area contributed by atoms with Crippen molar-refractivity contribution in [2.24, 2.45) is 0 Å². The summed E-state index contributed by atoms with van der Waals surface area (Å²) in [5.74, 6) is 0. The minimum atomic E-state index is -2.54. The maximum atomic E-state index is 6.10. The minimum Gasteiger partial charge on any atom is -0.400 e. The number of rotatable bonds is 0. The Hall–Kier alpha value is 0.830. The highest BCUT2D eigenvalue weighted by Crippen LogP contribution is 2.03. The summed E-state index contributed by atoms with van der Waals surface area (Å²) in [7, 11) is -2.54. The Morgan fingerprint density at radius 2 is 2.00 bits per heavy atom. The molecule has 6 heavy (non-hydrogen) atoms. The van der Waals surface area contributed by atoms with Gasteiger partial charge in [-0.05, 0) is 0 Å².